The van der Waals surface area contributed by atoms with E-state index in [2.05, 4.69) is 18.2 Å². The van der Waals surface area contributed by atoms with E-state index in [1.807, 2.05) is 4.98 Å². The molecule has 21 heteroatoms. The zero-order valence-corrected chi connectivity index (χ0v) is 16.4. The summed E-state index contributed by atoms with van der Waals surface area (Å²) in [5.41, 5.74) is -1.97. The number of hydrogen-bond donors (Lipinski definition) is 7. The number of aliphatic hydroxyl groups is 2. The highest BCUT2D eigenvalue weighted by molar-refractivity contribution is 7.66. The summed E-state index contributed by atoms with van der Waals surface area (Å²) in [7, 11) is -16.8. The Hall–Kier alpha value is -1.10. The standard InChI is InChI=1S/C8H14N3O15P3/c12-4-1-9-11(8(15)10-4)7-6(14)5(13)3(24-7)2-23-28(19,20)26-29(21,22)25-27(16,17)18/h1,3,5-7,13-14H,2H2,(H,19,20)(H,21,22)(H,10,12,15)(H2,16,17,18)/t3-,5?,6+,7-/m1/s1. The number of nitrogens with zero attached hydrogens (tertiary/aromatic N) is 2. The van der Waals surface area contributed by atoms with Gasteiger partial charge in [0.1, 0.15) is 24.5 Å². The molecule has 7 N–H and O–H groups in total. The molecule has 0 amide bonds. The van der Waals surface area contributed by atoms with Crippen molar-refractivity contribution in [1.29, 1.82) is 0 Å². The first-order valence-corrected chi connectivity index (χ1v) is 11.6. The van der Waals surface area contributed by atoms with Gasteiger partial charge in [0, 0.05) is 0 Å². The van der Waals surface area contributed by atoms with Crippen LogP contribution in [-0.4, -0.2) is 69.5 Å². The van der Waals surface area contributed by atoms with Crippen molar-refractivity contribution in [3.05, 3.63) is 27.0 Å². The van der Waals surface area contributed by atoms with Crippen LogP contribution in [0.1, 0.15) is 6.23 Å². The highest BCUT2D eigenvalue weighted by atomic mass is 31.3. The number of aromatic amines is 1. The van der Waals surface area contributed by atoms with E-state index in [9.17, 15) is 38.4 Å². The van der Waals surface area contributed by atoms with Crippen molar-refractivity contribution in [2.24, 2.45) is 0 Å². The monoisotopic (exact) mass is 485 g/mol. The van der Waals surface area contributed by atoms with E-state index in [0.717, 1.165) is 0 Å². The summed E-state index contributed by atoms with van der Waals surface area (Å²) in [5.74, 6) is 0. The van der Waals surface area contributed by atoms with E-state index in [0.29, 0.717) is 10.9 Å². The first-order valence-electron chi connectivity index (χ1n) is 7.08. The smallest absolute Gasteiger partial charge is 0.387 e. The zero-order chi connectivity index (χ0) is 22.2. The first-order chi connectivity index (χ1) is 13.1. The van der Waals surface area contributed by atoms with E-state index in [-0.39, 0.29) is 0 Å². The lowest BCUT2D eigenvalue weighted by molar-refractivity contribution is -0.0610. The minimum atomic E-state index is -5.74. The van der Waals surface area contributed by atoms with Crippen LogP contribution in [-0.2, 0) is 31.6 Å². The number of ether oxygens (including phenoxy) is 1. The van der Waals surface area contributed by atoms with Crippen molar-refractivity contribution in [2.75, 3.05) is 6.61 Å². The van der Waals surface area contributed by atoms with Crippen LogP contribution in [0, 0.1) is 0 Å². The number of phosphoric ester groups is 1. The molecule has 29 heavy (non-hydrogen) atoms. The Balaban J connectivity index is 2.06. The van der Waals surface area contributed by atoms with Gasteiger partial charge in [0.05, 0.1) is 6.61 Å². The molecule has 2 heterocycles. The van der Waals surface area contributed by atoms with Crippen LogP contribution in [0.3, 0.4) is 0 Å². The van der Waals surface area contributed by atoms with Crippen molar-refractivity contribution in [3.8, 4) is 0 Å². The van der Waals surface area contributed by atoms with E-state index in [1.165, 1.54) is 0 Å². The highest BCUT2D eigenvalue weighted by Crippen LogP contribution is 2.66. The molecule has 18 nitrogen and oxygen atoms in total. The number of rotatable bonds is 8. The quantitative estimate of drug-likeness (QED) is 0.179. The summed E-state index contributed by atoms with van der Waals surface area (Å²) in [5, 5.41) is 23.3. The molecule has 0 bridgehead atoms. The van der Waals surface area contributed by atoms with Gasteiger partial charge in [-0.3, -0.25) is 14.3 Å². The van der Waals surface area contributed by atoms with Crippen molar-refractivity contribution >= 4 is 23.5 Å². The van der Waals surface area contributed by atoms with Crippen LogP contribution >= 0.6 is 23.5 Å². The average molecular weight is 485 g/mol. The van der Waals surface area contributed by atoms with Gasteiger partial charge in [-0.1, -0.05) is 0 Å². The maximum atomic E-state index is 11.7. The third-order valence-corrected chi connectivity index (χ3v) is 6.94. The van der Waals surface area contributed by atoms with E-state index >= 15 is 0 Å². The fourth-order valence-corrected chi connectivity index (χ4v) is 5.11. The largest absolute Gasteiger partial charge is 0.490 e. The summed E-state index contributed by atoms with van der Waals surface area (Å²) in [4.78, 5) is 59.7. The molecular weight excluding hydrogens is 471 g/mol. The molecule has 166 valence electrons. The number of aliphatic hydroxyl groups excluding tert-OH is 2. The molecule has 0 spiro atoms. The van der Waals surface area contributed by atoms with Gasteiger partial charge in [0.2, 0.25) is 0 Å². The van der Waals surface area contributed by atoms with Gasteiger partial charge in [0.25, 0.3) is 5.56 Å². The molecule has 1 fully saturated rings. The average Bonchev–Trinajstić information content (AvgIpc) is 2.78. The Kier molecular flexibility index (Phi) is 7.14. The van der Waals surface area contributed by atoms with Crippen LogP contribution in [0.4, 0.5) is 0 Å². The second-order valence-corrected chi connectivity index (χ2v) is 9.74. The fraction of sp³-hybridized carbons (Fsp3) is 0.625. The second kappa shape index (κ2) is 8.56. The molecule has 1 aromatic rings. The van der Waals surface area contributed by atoms with Crippen molar-refractivity contribution in [3.63, 3.8) is 0 Å². The van der Waals surface area contributed by atoms with Crippen LogP contribution in [0.5, 0.6) is 0 Å². The molecule has 1 aliphatic rings. The number of H-pyrrole nitrogens is 1. The molecular formula is C8H14N3O15P3. The Labute approximate surface area is 158 Å². The lowest BCUT2D eigenvalue weighted by Crippen LogP contribution is -2.39. The summed E-state index contributed by atoms with van der Waals surface area (Å²) in [6.07, 6.45) is -6.23. The fourth-order valence-electron chi connectivity index (χ4n) is 2.08. The Bertz CT molecular complexity index is 999. The topological polar surface area (TPSA) is 277 Å². The van der Waals surface area contributed by atoms with Crippen LogP contribution in [0.15, 0.2) is 15.8 Å². The van der Waals surface area contributed by atoms with Crippen LogP contribution in [0.2, 0.25) is 0 Å². The minimum absolute atomic E-state index is 0.458. The molecule has 0 aliphatic carbocycles. The lowest BCUT2D eigenvalue weighted by Gasteiger charge is -2.19. The highest BCUT2D eigenvalue weighted by Gasteiger charge is 2.47. The van der Waals surface area contributed by atoms with Gasteiger partial charge in [-0.25, -0.2) is 18.5 Å². The van der Waals surface area contributed by atoms with Crippen LogP contribution < -0.4 is 11.2 Å². The maximum absolute atomic E-state index is 11.7. The van der Waals surface area contributed by atoms with Crippen molar-refractivity contribution in [1.82, 2.24) is 14.8 Å². The molecule has 2 rings (SSSR count). The summed E-state index contributed by atoms with van der Waals surface area (Å²) in [6, 6.07) is 0. The lowest BCUT2D eigenvalue weighted by atomic mass is 10.1. The van der Waals surface area contributed by atoms with Gasteiger partial charge in [-0.2, -0.15) is 18.4 Å². The van der Waals surface area contributed by atoms with E-state index < -0.39 is 65.9 Å². The molecule has 1 aliphatic heterocycles. The Morgan fingerprint density at radius 3 is 2.24 bits per heavy atom. The zero-order valence-electron chi connectivity index (χ0n) is 13.7. The number of nitrogens with one attached hydrogen (secondary N) is 1. The number of hydrogen-bond acceptors (Lipinski definition) is 12. The van der Waals surface area contributed by atoms with E-state index in [1.54, 1.807) is 0 Å². The molecule has 0 radical (unpaired) electrons. The van der Waals surface area contributed by atoms with Crippen LogP contribution in [0.25, 0.3) is 0 Å². The molecule has 0 saturated carbocycles. The van der Waals surface area contributed by atoms with Gasteiger partial charge in [0.15, 0.2) is 6.23 Å². The SMILES string of the molecule is O=c1cnn([C@@H]2O[C@H](COP(=O)(O)OP(=O)(O)OP(=O)(O)O)C(O)[C@@H]2O)c(=O)[nH]1. The second-order valence-electron chi connectivity index (χ2n) is 5.32. The Morgan fingerprint density at radius 1 is 1.07 bits per heavy atom. The molecule has 1 aromatic heterocycles. The summed E-state index contributed by atoms with van der Waals surface area (Å²) < 4.78 is 50.2. The van der Waals surface area contributed by atoms with Gasteiger partial charge in [-0.05, 0) is 0 Å². The predicted molar refractivity (Wildman–Crippen MR) is 84.9 cm³/mol. The molecule has 0 aromatic carbocycles. The summed E-state index contributed by atoms with van der Waals surface area (Å²) in [6.45, 7) is -1.07. The Morgan fingerprint density at radius 2 is 1.69 bits per heavy atom. The normalized spacial score (nSPS) is 29.3. The van der Waals surface area contributed by atoms with Crippen molar-refractivity contribution in [2.45, 2.75) is 24.5 Å². The van der Waals surface area contributed by atoms with Gasteiger partial charge in [-0.15, -0.1) is 0 Å². The number of aromatic nitrogens is 3. The predicted octanol–water partition coefficient (Wildman–Crippen LogP) is -3.11. The molecule has 1 saturated heterocycles. The van der Waals surface area contributed by atoms with E-state index in [4.69, 9.17) is 19.4 Å². The maximum Gasteiger partial charge on any atom is 0.490 e. The minimum Gasteiger partial charge on any atom is -0.387 e. The first kappa shape index (κ1) is 24.2. The number of phosphoric acid groups is 3. The molecule has 3 unspecified atom stereocenters. The summed E-state index contributed by atoms with van der Waals surface area (Å²) >= 11 is 0. The third-order valence-electron chi connectivity index (χ3n) is 3.13. The van der Waals surface area contributed by atoms with Gasteiger partial charge >= 0.3 is 29.2 Å². The molecule has 6 atom stereocenters. The van der Waals surface area contributed by atoms with Gasteiger partial charge < -0.3 is 34.5 Å². The van der Waals surface area contributed by atoms with Crippen molar-refractivity contribution < 1.29 is 61.4 Å². The third kappa shape index (κ3) is 6.70.